The standard InChI is InChI=1S/C28H34N4O2S/c1-7-35-22-13-9-12-20(14-22)26(33)29-21(16-28(4,5)6)17-34-24-15-23(30-27(31-24)32-35)25-18(2)10-8-11-19(25)3/h7-15,21H,16-17H2,1-6H3,(H,29,33)(H,30,31,32)/t21-,35?/m1/s1. The minimum atomic E-state index is -0.500. The van der Waals surface area contributed by atoms with E-state index < -0.39 is 10.7 Å². The van der Waals surface area contributed by atoms with Gasteiger partial charge in [-0.3, -0.25) is 4.79 Å². The molecule has 0 spiro atoms. The maximum atomic E-state index is 13.2. The Morgan fingerprint density at radius 1 is 1.09 bits per heavy atom. The lowest BCUT2D eigenvalue weighted by Crippen LogP contribution is -2.41. The van der Waals surface area contributed by atoms with Crippen LogP contribution in [0, 0.1) is 19.3 Å². The summed E-state index contributed by atoms with van der Waals surface area (Å²) in [6.45, 7) is 13.0. The van der Waals surface area contributed by atoms with E-state index in [0.717, 1.165) is 33.7 Å². The Morgan fingerprint density at radius 2 is 1.80 bits per heavy atom. The third-order valence-corrected chi connectivity index (χ3v) is 7.49. The van der Waals surface area contributed by atoms with Crippen molar-refractivity contribution < 1.29 is 9.53 Å². The van der Waals surface area contributed by atoms with Crippen molar-refractivity contribution in [3.05, 3.63) is 65.2 Å². The second-order valence-electron chi connectivity index (χ2n) is 10.1. The lowest BCUT2D eigenvalue weighted by molar-refractivity contribution is 0.0903. The lowest BCUT2D eigenvalue weighted by Gasteiger charge is -2.27. The number of benzene rings is 2. The zero-order valence-electron chi connectivity index (χ0n) is 21.3. The van der Waals surface area contributed by atoms with Crippen molar-refractivity contribution in [2.45, 2.75) is 58.9 Å². The molecule has 0 fully saturated rings. The van der Waals surface area contributed by atoms with Crippen molar-refractivity contribution in [1.82, 2.24) is 15.3 Å². The van der Waals surface area contributed by atoms with Gasteiger partial charge in [-0.1, -0.05) is 55.7 Å². The van der Waals surface area contributed by atoms with E-state index in [2.05, 4.69) is 68.2 Å². The first-order valence-corrected chi connectivity index (χ1v) is 13.2. The summed E-state index contributed by atoms with van der Waals surface area (Å²) in [5.41, 5.74) is 4.82. The van der Waals surface area contributed by atoms with E-state index in [4.69, 9.17) is 14.7 Å². The Bertz CT molecular complexity index is 1260. The number of nitrogens with one attached hydrogen (secondary N) is 2. The Morgan fingerprint density at radius 3 is 2.49 bits per heavy atom. The molecule has 1 aromatic heterocycles. The second kappa shape index (κ2) is 10.2. The van der Waals surface area contributed by atoms with E-state index in [1.54, 1.807) is 0 Å². The van der Waals surface area contributed by atoms with E-state index in [0.29, 0.717) is 24.0 Å². The van der Waals surface area contributed by atoms with Crippen LogP contribution < -0.4 is 14.8 Å². The van der Waals surface area contributed by atoms with Gasteiger partial charge >= 0.3 is 0 Å². The zero-order chi connectivity index (χ0) is 25.2. The fourth-order valence-electron chi connectivity index (χ4n) is 4.36. The first kappa shape index (κ1) is 24.9. The number of hydrogen-bond donors (Lipinski definition) is 2. The summed E-state index contributed by atoms with van der Waals surface area (Å²) in [6.07, 6.45) is 0.769. The first-order valence-electron chi connectivity index (χ1n) is 11.9. The lowest BCUT2D eigenvalue weighted by atomic mass is 9.88. The molecule has 1 amide bonds. The molecule has 6 nitrogen and oxygen atoms in total. The molecule has 184 valence electrons. The molecule has 4 rings (SSSR count). The Balaban J connectivity index is 1.84. The van der Waals surface area contributed by atoms with Gasteiger partial charge in [0.2, 0.25) is 11.8 Å². The maximum absolute atomic E-state index is 13.2. The average molecular weight is 491 g/mol. The minimum absolute atomic E-state index is 0.0164. The number of aryl methyl sites for hydroxylation is 2. The van der Waals surface area contributed by atoms with Gasteiger partial charge in [0.05, 0.1) is 11.7 Å². The fraction of sp³-hybridized carbons (Fsp3) is 0.357. The van der Waals surface area contributed by atoms with Crippen LogP contribution in [0.2, 0.25) is 0 Å². The molecule has 1 aliphatic rings. The molecule has 2 heterocycles. The highest BCUT2D eigenvalue weighted by Crippen LogP contribution is 2.32. The normalized spacial score (nSPS) is 18.4. The first-order chi connectivity index (χ1) is 16.6. The van der Waals surface area contributed by atoms with Crippen LogP contribution in [0.1, 0.15) is 55.6 Å². The van der Waals surface area contributed by atoms with Crippen LogP contribution in [-0.4, -0.2) is 33.9 Å². The van der Waals surface area contributed by atoms with Crippen LogP contribution in [0.25, 0.3) is 11.3 Å². The van der Waals surface area contributed by atoms with E-state index in [9.17, 15) is 4.79 Å². The molecule has 4 bridgehead atoms. The molecule has 1 unspecified atom stereocenters. The van der Waals surface area contributed by atoms with Gasteiger partial charge in [0.25, 0.3) is 5.91 Å². The number of ether oxygens (including phenoxy) is 1. The quantitative estimate of drug-likeness (QED) is 0.421. The minimum Gasteiger partial charge on any atom is -0.475 e. The summed E-state index contributed by atoms with van der Waals surface area (Å²) in [5.74, 6) is 0.884. The highest BCUT2D eigenvalue weighted by molar-refractivity contribution is 8.16. The number of amides is 1. The van der Waals surface area contributed by atoms with E-state index >= 15 is 0 Å². The maximum Gasteiger partial charge on any atom is 0.251 e. The second-order valence-corrected chi connectivity index (χ2v) is 12.0. The number of carbonyl (C=O) groups is 1. The van der Waals surface area contributed by atoms with Crippen LogP contribution in [0.5, 0.6) is 5.88 Å². The molecule has 2 atom stereocenters. The predicted octanol–water partition coefficient (Wildman–Crippen LogP) is 6.16. The summed E-state index contributed by atoms with van der Waals surface area (Å²) >= 11 is 0. The Hall–Kier alpha value is -3.19. The highest BCUT2D eigenvalue weighted by Gasteiger charge is 2.23. The van der Waals surface area contributed by atoms with Crippen molar-refractivity contribution in [3.8, 4) is 17.1 Å². The molecule has 0 radical (unpaired) electrons. The molecule has 0 saturated heterocycles. The van der Waals surface area contributed by atoms with Crippen LogP contribution in [0.4, 0.5) is 5.95 Å². The van der Waals surface area contributed by atoms with Crippen LogP contribution in [-0.2, 0) is 0 Å². The summed E-state index contributed by atoms with van der Waals surface area (Å²) in [6, 6.07) is 15.7. The van der Waals surface area contributed by atoms with Gasteiger partial charge in [-0.2, -0.15) is 4.98 Å². The van der Waals surface area contributed by atoms with Crippen LogP contribution in [0.15, 0.2) is 53.4 Å². The third-order valence-electron chi connectivity index (χ3n) is 5.85. The highest BCUT2D eigenvalue weighted by atomic mass is 32.2. The number of nitrogens with zero attached hydrogens (tertiary/aromatic N) is 2. The van der Waals surface area contributed by atoms with Crippen LogP contribution >= 0.6 is 10.7 Å². The SMILES string of the molecule is C/C=S1/Nc2nc(cc(-c3c(C)cccc3C)n2)OC[C@@H](CC(C)(C)C)NC(=O)c2cccc1c2. The topological polar surface area (TPSA) is 76.1 Å². The largest absolute Gasteiger partial charge is 0.475 e. The molecule has 2 aromatic carbocycles. The van der Waals surface area contributed by atoms with Crippen molar-refractivity contribution in [3.63, 3.8) is 0 Å². The van der Waals surface area contributed by atoms with Gasteiger partial charge in [-0.15, -0.1) is 0 Å². The molecule has 2 N–H and O–H groups in total. The molecule has 35 heavy (non-hydrogen) atoms. The van der Waals surface area contributed by atoms with E-state index in [1.165, 1.54) is 0 Å². The van der Waals surface area contributed by atoms with Gasteiger partial charge in [-0.05, 0) is 67.3 Å². The molecule has 7 heteroatoms. The van der Waals surface area contributed by atoms with E-state index in [1.807, 2.05) is 37.3 Å². The van der Waals surface area contributed by atoms with Crippen LogP contribution in [0.3, 0.4) is 0 Å². The van der Waals surface area contributed by atoms with Gasteiger partial charge < -0.3 is 14.8 Å². The van der Waals surface area contributed by atoms with Crippen molar-refractivity contribution in [1.29, 1.82) is 0 Å². The van der Waals surface area contributed by atoms with Crippen molar-refractivity contribution in [2.24, 2.45) is 5.41 Å². The molecule has 1 aliphatic heterocycles. The third kappa shape index (κ3) is 6.09. The number of rotatable bonds is 2. The monoisotopic (exact) mass is 490 g/mol. The van der Waals surface area contributed by atoms with Crippen molar-refractivity contribution in [2.75, 3.05) is 11.3 Å². The number of anilines is 1. The molecule has 3 aromatic rings. The number of fused-ring (bicyclic) bond motifs is 4. The Labute approximate surface area is 210 Å². The Kier molecular flexibility index (Phi) is 7.26. The fourth-order valence-corrected chi connectivity index (χ4v) is 5.64. The molecule has 0 saturated carbocycles. The summed E-state index contributed by atoms with van der Waals surface area (Å²) in [4.78, 5) is 23.7. The molecular formula is C28H34N4O2S. The summed E-state index contributed by atoms with van der Waals surface area (Å²) in [7, 11) is -0.500. The molecular weight excluding hydrogens is 456 g/mol. The number of hydrogen-bond acceptors (Lipinski definition) is 5. The van der Waals surface area contributed by atoms with Gasteiger partial charge in [-0.25, -0.2) is 4.98 Å². The summed E-state index contributed by atoms with van der Waals surface area (Å²) < 4.78 is 9.69. The number of aromatic nitrogens is 2. The van der Waals surface area contributed by atoms with Gasteiger partial charge in [0.15, 0.2) is 0 Å². The zero-order valence-corrected chi connectivity index (χ0v) is 22.1. The summed E-state index contributed by atoms with van der Waals surface area (Å²) in [5, 5.41) is 5.26. The smallest absolute Gasteiger partial charge is 0.251 e. The number of carbonyl (C=O) groups excluding carboxylic acids is 1. The predicted molar refractivity (Wildman–Crippen MR) is 145 cm³/mol. The average Bonchev–Trinajstić information content (AvgIpc) is 2.80. The van der Waals surface area contributed by atoms with Crippen molar-refractivity contribution >= 4 is 27.9 Å². The van der Waals surface area contributed by atoms with E-state index in [-0.39, 0.29) is 17.4 Å². The van der Waals surface area contributed by atoms with Gasteiger partial charge in [0, 0.05) is 22.1 Å². The molecule has 0 aliphatic carbocycles. The van der Waals surface area contributed by atoms with Gasteiger partial charge in [0.1, 0.15) is 6.61 Å².